The monoisotopic (exact) mass is 273 g/mol. The quantitative estimate of drug-likeness (QED) is 0.659. The van der Waals surface area contributed by atoms with Crippen LogP contribution in [0.4, 0.5) is 4.39 Å². The molecule has 0 radical (unpaired) electrons. The van der Waals surface area contributed by atoms with Crippen LogP contribution in [0.2, 0.25) is 0 Å². The van der Waals surface area contributed by atoms with E-state index in [1.165, 1.54) is 30.7 Å². The summed E-state index contributed by atoms with van der Waals surface area (Å²) in [7, 11) is 0. The van der Waals surface area contributed by atoms with Gasteiger partial charge in [-0.05, 0) is 23.8 Å². The van der Waals surface area contributed by atoms with Gasteiger partial charge < -0.3 is 5.11 Å². The second-order valence-corrected chi connectivity index (χ2v) is 3.97. The summed E-state index contributed by atoms with van der Waals surface area (Å²) in [6.45, 7) is 0. The third-order valence-corrected chi connectivity index (χ3v) is 2.56. The Morgan fingerprint density at radius 1 is 1.35 bits per heavy atom. The molecule has 0 bridgehead atoms. The fourth-order valence-electron chi connectivity index (χ4n) is 1.53. The second-order valence-electron chi connectivity index (χ2n) is 3.97. The molecule has 0 saturated heterocycles. The highest BCUT2D eigenvalue weighted by molar-refractivity contribution is 5.94. The molecule has 1 aromatic heterocycles. The standard InChI is InChI=1S/C14H12FN3O2/c15-12-2-1-10(13(19)9-12)5-8-17-18-14(20)11-3-6-16-7-4-11/h1-4,6-9,19H,5H2,(H,18,20). The lowest BCUT2D eigenvalue weighted by Crippen LogP contribution is -2.17. The first-order chi connectivity index (χ1) is 9.66. The first kappa shape index (κ1) is 13.7. The van der Waals surface area contributed by atoms with E-state index in [1.807, 2.05) is 0 Å². The van der Waals surface area contributed by atoms with Crippen LogP contribution < -0.4 is 5.43 Å². The zero-order valence-corrected chi connectivity index (χ0v) is 10.5. The molecule has 0 spiro atoms. The van der Waals surface area contributed by atoms with Crippen molar-refractivity contribution in [3.8, 4) is 5.75 Å². The molecule has 2 N–H and O–H groups in total. The van der Waals surface area contributed by atoms with Crippen LogP contribution in [0.5, 0.6) is 5.75 Å². The number of rotatable bonds is 4. The number of nitrogens with one attached hydrogen (secondary N) is 1. The predicted octanol–water partition coefficient (Wildman–Crippen LogP) is 1.88. The number of nitrogens with zero attached hydrogens (tertiary/aromatic N) is 2. The van der Waals surface area contributed by atoms with Crippen molar-refractivity contribution in [1.29, 1.82) is 0 Å². The van der Waals surface area contributed by atoms with Crippen LogP contribution in [0.3, 0.4) is 0 Å². The van der Waals surface area contributed by atoms with E-state index in [9.17, 15) is 14.3 Å². The number of aromatic hydroxyl groups is 1. The molecule has 0 atom stereocenters. The maximum absolute atomic E-state index is 12.8. The molecule has 0 aliphatic rings. The summed E-state index contributed by atoms with van der Waals surface area (Å²) in [5.74, 6) is -1.00. The van der Waals surface area contributed by atoms with Crippen LogP contribution in [0.25, 0.3) is 0 Å². The Kier molecular flexibility index (Phi) is 4.39. The molecule has 1 amide bonds. The van der Waals surface area contributed by atoms with E-state index in [-0.39, 0.29) is 18.1 Å². The molecule has 20 heavy (non-hydrogen) atoms. The topological polar surface area (TPSA) is 74.6 Å². The summed E-state index contributed by atoms with van der Waals surface area (Å²) < 4.78 is 12.8. The number of aromatic nitrogens is 1. The van der Waals surface area contributed by atoms with Gasteiger partial charge in [0.15, 0.2) is 0 Å². The lowest BCUT2D eigenvalue weighted by Gasteiger charge is -2.01. The lowest BCUT2D eigenvalue weighted by molar-refractivity contribution is 0.0955. The summed E-state index contributed by atoms with van der Waals surface area (Å²) in [5.41, 5.74) is 3.31. The van der Waals surface area contributed by atoms with Gasteiger partial charge in [0.05, 0.1) is 0 Å². The number of amides is 1. The average Bonchev–Trinajstić information content (AvgIpc) is 2.46. The number of carbonyl (C=O) groups excluding carboxylic acids is 1. The SMILES string of the molecule is O=C(NN=CCc1ccc(F)cc1O)c1ccncc1. The lowest BCUT2D eigenvalue weighted by atomic mass is 10.1. The summed E-state index contributed by atoms with van der Waals surface area (Å²) in [6, 6.07) is 6.87. The largest absolute Gasteiger partial charge is 0.508 e. The summed E-state index contributed by atoms with van der Waals surface area (Å²) in [6.07, 6.45) is 4.72. The van der Waals surface area contributed by atoms with Crippen molar-refractivity contribution in [2.45, 2.75) is 6.42 Å². The highest BCUT2D eigenvalue weighted by Gasteiger charge is 2.03. The van der Waals surface area contributed by atoms with Crippen molar-refractivity contribution in [1.82, 2.24) is 10.4 Å². The molecule has 102 valence electrons. The second kappa shape index (κ2) is 6.42. The fraction of sp³-hybridized carbons (Fsp3) is 0.0714. The van der Waals surface area contributed by atoms with Crippen molar-refractivity contribution in [2.75, 3.05) is 0 Å². The van der Waals surface area contributed by atoms with E-state index in [0.717, 1.165) is 6.07 Å². The van der Waals surface area contributed by atoms with Crippen molar-refractivity contribution in [3.05, 3.63) is 59.7 Å². The third-order valence-electron chi connectivity index (χ3n) is 2.56. The molecule has 0 saturated carbocycles. The normalized spacial score (nSPS) is 10.7. The van der Waals surface area contributed by atoms with Gasteiger partial charge in [0.2, 0.25) is 0 Å². The summed E-state index contributed by atoms with van der Waals surface area (Å²) >= 11 is 0. The highest BCUT2D eigenvalue weighted by Crippen LogP contribution is 2.17. The first-order valence-electron chi connectivity index (χ1n) is 5.86. The van der Waals surface area contributed by atoms with Gasteiger partial charge in [-0.1, -0.05) is 6.07 Å². The van der Waals surface area contributed by atoms with Crippen molar-refractivity contribution in [2.24, 2.45) is 5.10 Å². The number of carbonyl (C=O) groups is 1. The van der Waals surface area contributed by atoms with Crippen LogP contribution in [0.15, 0.2) is 47.8 Å². The molecule has 1 aromatic carbocycles. The molecular weight excluding hydrogens is 261 g/mol. The Morgan fingerprint density at radius 2 is 2.10 bits per heavy atom. The van der Waals surface area contributed by atoms with Crippen molar-refractivity contribution in [3.63, 3.8) is 0 Å². The number of hydrazone groups is 1. The van der Waals surface area contributed by atoms with Gasteiger partial charge in [-0.2, -0.15) is 5.10 Å². The maximum atomic E-state index is 12.8. The Hall–Kier alpha value is -2.76. The molecule has 6 heteroatoms. The third kappa shape index (κ3) is 3.61. The highest BCUT2D eigenvalue weighted by atomic mass is 19.1. The van der Waals surface area contributed by atoms with Gasteiger partial charge >= 0.3 is 0 Å². The smallest absolute Gasteiger partial charge is 0.271 e. The van der Waals surface area contributed by atoms with Gasteiger partial charge in [-0.15, -0.1) is 0 Å². The van der Waals surface area contributed by atoms with Crippen LogP contribution in [-0.4, -0.2) is 22.2 Å². The first-order valence-corrected chi connectivity index (χ1v) is 5.86. The number of benzene rings is 1. The zero-order valence-electron chi connectivity index (χ0n) is 10.5. The molecule has 2 rings (SSSR count). The number of phenolic OH excluding ortho intramolecular Hbond substituents is 1. The van der Waals surface area contributed by atoms with Gasteiger partial charge in [0.1, 0.15) is 11.6 Å². The van der Waals surface area contributed by atoms with E-state index in [2.05, 4.69) is 15.5 Å². The van der Waals surface area contributed by atoms with Gasteiger partial charge in [-0.25, -0.2) is 9.82 Å². The van der Waals surface area contributed by atoms with Crippen LogP contribution in [0.1, 0.15) is 15.9 Å². The number of hydrogen-bond donors (Lipinski definition) is 2. The predicted molar refractivity (Wildman–Crippen MR) is 72.0 cm³/mol. The molecular formula is C14H12FN3O2. The number of hydrogen-bond acceptors (Lipinski definition) is 4. The van der Waals surface area contributed by atoms with Gasteiger partial charge in [0.25, 0.3) is 5.91 Å². The number of phenols is 1. The summed E-state index contributed by atoms with van der Waals surface area (Å²) in [5, 5.41) is 13.2. The molecule has 0 unspecified atom stereocenters. The molecule has 1 heterocycles. The van der Waals surface area contributed by atoms with E-state index >= 15 is 0 Å². The molecule has 0 aliphatic heterocycles. The van der Waals surface area contributed by atoms with E-state index < -0.39 is 5.82 Å². The van der Waals surface area contributed by atoms with Crippen molar-refractivity contribution < 1.29 is 14.3 Å². The molecule has 0 fully saturated rings. The van der Waals surface area contributed by atoms with Gasteiger partial charge in [0, 0.05) is 36.7 Å². The molecule has 2 aromatic rings. The summed E-state index contributed by atoms with van der Waals surface area (Å²) in [4.78, 5) is 15.4. The van der Waals surface area contributed by atoms with E-state index in [1.54, 1.807) is 12.1 Å². The Morgan fingerprint density at radius 3 is 2.80 bits per heavy atom. The minimum atomic E-state index is -0.505. The average molecular weight is 273 g/mol. The van der Waals surface area contributed by atoms with Crippen LogP contribution >= 0.6 is 0 Å². The van der Waals surface area contributed by atoms with Crippen molar-refractivity contribution >= 4 is 12.1 Å². The van der Waals surface area contributed by atoms with Crippen LogP contribution in [0, 0.1) is 5.82 Å². The number of halogens is 1. The van der Waals surface area contributed by atoms with E-state index in [0.29, 0.717) is 11.1 Å². The van der Waals surface area contributed by atoms with E-state index in [4.69, 9.17) is 0 Å². The molecule has 5 nitrogen and oxygen atoms in total. The Bertz CT molecular complexity index is 630. The minimum Gasteiger partial charge on any atom is -0.508 e. The minimum absolute atomic E-state index is 0.142. The van der Waals surface area contributed by atoms with Gasteiger partial charge in [-0.3, -0.25) is 9.78 Å². The Labute approximate surface area is 114 Å². The zero-order chi connectivity index (χ0) is 14.4. The van der Waals surface area contributed by atoms with Crippen LogP contribution in [-0.2, 0) is 6.42 Å². The number of pyridine rings is 1. The molecule has 0 aliphatic carbocycles. The maximum Gasteiger partial charge on any atom is 0.271 e. The Balaban J connectivity index is 1.90. The fourth-order valence-corrected chi connectivity index (χ4v) is 1.53.